The van der Waals surface area contributed by atoms with Crippen LogP contribution >= 0.6 is 23.2 Å². The van der Waals surface area contributed by atoms with Gasteiger partial charge in [0.15, 0.2) is 17.3 Å². The number of rotatable bonds is 4. The van der Waals surface area contributed by atoms with Gasteiger partial charge in [0.2, 0.25) is 5.91 Å². The largest absolute Gasteiger partial charge is 0.493 e. The molecule has 0 saturated heterocycles. The average molecular weight is 446 g/mol. The molecule has 0 saturated carbocycles. The lowest BCUT2D eigenvalue weighted by Gasteiger charge is -2.39. The molecule has 156 valence electrons. The van der Waals surface area contributed by atoms with E-state index in [0.29, 0.717) is 57.8 Å². The number of anilines is 1. The first-order chi connectivity index (χ1) is 14.5. The number of hydrogen-bond donors (Lipinski definition) is 0. The summed E-state index contributed by atoms with van der Waals surface area (Å²) in [6.07, 6.45) is 1.86. The Bertz CT molecular complexity index is 1060. The predicted molar refractivity (Wildman–Crippen MR) is 117 cm³/mol. The molecule has 1 aliphatic heterocycles. The molecule has 1 amide bonds. The molecule has 0 N–H and O–H groups in total. The van der Waals surface area contributed by atoms with Gasteiger partial charge in [0.05, 0.1) is 30.0 Å². The first kappa shape index (κ1) is 20.8. The molecular weight excluding hydrogens is 425 g/mol. The number of halogens is 2. The Morgan fingerprint density at radius 2 is 1.77 bits per heavy atom. The Morgan fingerprint density at radius 1 is 1.00 bits per heavy atom. The van der Waals surface area contributed by atoms with Gasteiger partial charge in [-0.3, -0.25) is 14.5 Å². The zero-order valence-corrected chi connectivity index (χ0v) is 18.2. The zero-order chi connectivity index (χ0) is 21.4. The van der Waals surface area contributed by atoms with Crippen LogP contribution in [0.1, 0.15) is 37.2 Å². The monoisotopic (exact) mass is 445 g/mol. The van der Waals surface area contributed by atoms with Crippen molar-refractivity contribution in [1.29, 1.82) is 0 Å². The van der Waals surface area contributed by atoms with Crippen LogP contribution in [0.15, 0.2) is 47.7 Å². The number of methoxy groups -OCH3 is 2. The molecule has 1 unspecified atom stereocenters. The number of Topliss-reactive ketones (excluding diaryl/α,β-unsaturated/α-hetero) is 1. The second-order valence-electron chi connectivity index (χ2n) is 7.28. The minimum atomic E-state index is -0.403. The molecule has 2 aromatic rings. The van der Waals surface area contributed by atoms with Gasteiger partial charge in [-0.2, -0.15) is 0 Å². The molecule has 0 radical (unpaired) electrons. The first-order valence-corrected chi connectivity index (χ1v) is 10.5. The van der Waals surface area contributed by atoms with Crippen LogP contribution in [-0.4, -0.2) is 25.9 Å². The van der Waals surface area contributed by atoms with Crippen LogP contribution in [0.25, 0.3) is 0 Å². The third-order valence-corrected chi connectivity index (χ3v) is 6.47. The molecule has 0 spiro atoms. The number of para-hydroxylation sites is 1. The van der Waals surface area contributed by atoms with Gasteiger partial charge in [0.1, 0.15) is 0 Å². The summed E-state index contributed by atoms with van der Waals surface area (Å²) in [5.41, 5.74) is 2.61. The zero-order valence-electron chi connectivity index (χ0n) is 16.7. The Hall–Kier alpha value is -2.50. The van der Waals surface area contributed by atoms with Crippen LogP contribution in [0.4, 0.5) is 5.69 Å². The van der Waals surface area contributed by atoms with Crippen molar-refractivity contribution in [1.82, 2.24) is 0 Å². The number of ether oxygens (including phenoxy) is 2. The van der Waals surface area contributed by atoms with Crippen LogP contribution in [0, 0.1) is 0 Å². The maximum Gasteiger partial charge on any atom is 0.232 e. The number of amides is 1. The van der Waals surface area contributed by atoms with Gasteiger partial charge < -0.3 is 9.47 Å². The van der Waals surface area contributed by atoms with E-state index in [1.165, 1.54) is 0 Å². The second kappa shape index (κ2) is 8.32. The molecule has 1 atom stereocenters. The van der Waals surface area contributed by atoms with Crippen molar-refractivity contribution >= 4 is 40.6 Å². The number of ketones is 1. The fourth-order valence-electron chi connectivity index (χ4n) is 4.39. The van der Waals surface area contributed by atoms with Gasteiger partial charge in [-0.15, -0.1) is 0 Å². The highest BCUT2D eigenvalue weighted by molar-refractivity contribution is 6.44. The smallest absolute Gasteiger partial charge is 0.232 e. The van der Waals surface area contributed by atoms with Crippen molar-refractivity contribution in [2.45, 2.75) is 31.6 Å². The van der Waals surface area contributed by atoms with E-state index >= 15 is 0 Å². The minimum Gasteiger partial charge on any atom is -0.493 e. The number of carbonyl (C=O) groups excluding carboxylic acids is 2. The van der Waals surface area contributed by atoms with Crippen LogP contribution in [0.3, 0.4) is 0 Å². The second-order valence-corrected chi connectivity index (χ2v) is 8.06. The predicted octanol–water partition coefficient (Wildman–Crippen LogP) is 5.54. The van der Waals surface area contributed by atoms with Gasteiger partial charge >= 0.3 is 0 Å². The number of nitrogens with zero attached hydrogens (tertiary/aromatic N) is 1. The number of benzene rings is 2. The van der Waals surface area contributed by atoms with E-state index in [-0.39, 0.29) is 18.1 Å². The van der Waals surface area contributed by atoms with E-state index in [1.807, 2.05) is 12.1 Å². The maximum absolute atomic E-state index is 13.4. The van der Waals surface area contributed by atoms with E-state index in [2.05, 4.69) is 0 Å². The lowest BCUT2D eigenvalue weighted by Crippen LogP contribution is -2.40. The summed E-state index contributed by atoms with van der Waals surface area (Å²) in [5.74, 6) is 0.606. The highest BCUT2D eigenvalue weighted by atomic mass is 35.5. The van der Waals surface area contributed by atoms with E-state index < -0.39 is 5.92 Å². The molecule has 0 aromatic heterocycles. The summed E-state index contributed by atoms with van der Waals surface area (Å²) >= 11 is 12.6. The third-order valence-electron chi connectivity index (χ3n) is 5.66. The Kier molecular flexibility index (Phi) is 5.76. The van der Waals surface area contributed by atoms with Gasteiger partial charge in [0, 0.05) is 35.6 Å². The quantitative estimate of drug-likeness (QED) is 0.619. The van der Waals surface area contributed by atoms with Crippen LogP contribution in [-0.2, 0) is 9.59 Å². The lowest BCUT2D eigenvalue weighted by molar-refractivity contribution is -0.119. The normalized spacial score (nSPS) is 19.1. The van der Waals surface area contributed by atoms with Gasteiger partial charge in [-0.25, -0.2) is 0 Å². The number of hydrogen-bond acceptors (Lipinski definition) is 4. The van der Waals surface area contributed by atoms with Gasteiger partial charge in [-0.1, -0.05) is 41.4 Å². The molecule has 30 heavy (non-hydrogen) atoms. The van der Waals surface area contributed by atoms with Crippen molar-refractivity contribution in [3.05, 3.63) is 63.3 Å². The van der Waals surface area contributed by atoms with Crippen LogP contribution in [0.5, 0.6) is 11.5 Å². The number of allylic oxidation sites excluding steroid dienone is 2. The maximum atomic E-state index is 13.4. The van der Waals surface area contributed by atoms with Crippen molar-refractivity contribution in [2.24, 2.45) is 0 Å². The van der Waals surface area contributed by atoms with Gasteiger partial charge in [-0.05, 0) is 31.0 Å². The van der Waals surface area contributed by atoms with E-state index in [0.717, 1.165) is 5.56 Å². The minimum absolute atomic E-state index is 0.0433. The Balaban J connectivity index is 1.92. The molecule has 2 aliphatic rings. The van der Waals surface area contributed by atoms with Crippen molar-refractivity contribution in [3.63, 3.8) is 0 Å². The molecule has 7 heteroatoms. The highest BCUT2D eigenvalue weighted by Crippen LogP contribution is 2.48. The van der Waals surface area contributed by atoms with Crippen molar-refractivity contribution < 1.29 is 19.1 Å². The topological polar surface area (TPSA) is 55.8 Å². The number of carbonyl (C=O) groups is 2. The highest BCUT2D eigenvalue weighted by Gasteiger charge is 2.41. The van der Waals surface area contributed by atoms with E-state index in [4.69, 9.17) is 32.7 Å². The summed E-state index contributed by atoms with van der Waals surface area (Å²) in [4.78, 5) is 28.0. The first-order valence-electron chi connectivity index (χ1n) is 9.72. The molecule has 2 aromatic carbocycles. The Labute approximate surface area is 185 Å². The molecule has 1 heterocycles. The van der Waals surface area contributed by atoms with E-state index in [9.17, 15) is 9.59 Å². The van der Waals surface area contributed by atoms with Crippen LogP contribution < -0.4 is 14.4 Å². The molecule has 1 aliphatic carbocycles. The molecular formula is C23H21Cl2NO4. The van der Waals surface area contributed by atoms with Gasteiger partial charge in [0.25, 0.3) is 0 Å². The van der Waals surface area contributed by atoms with Crippen molar-refractivity contribution in [3.8, 4) is 11.5 Å². The summed E-state index contributed by atoms with van der Waals surface area (Å²) in [7, 11) is 3.12. The fraction of sp³-hybridized carbons (Fsp3) is 0.304. The summed E-state index contributed by atoms with van der Waals surface area (Å²) < 4.78 is 11.0. The molecule has 5 nitrogen and oxygen atoms in total. The summed E-state index contributed by atoms with van der Waals surface area (Å²) in [6, 6.07) is 10.7. The SMILES string of the molecule is COc1cccc(C2CC(=O)N(c3cccc(Cl)c3Cl)C3=C2C(=O)CCC3)c1OC. The summed E-state index contributed by atoms with van der Waals surface area (Å²) in [6.45, 7) is 0. The summed E-state index contributed by atoms with van der Waals surface area (Å²) in [5, 5.41) is 0.664. The van der Waals surface area contributed by atoms with E-state index in [1.54, 1.807) is 43.4 Å². The Morgan fingerprint density at radius 3 is 2.50 bits per heavy atom. The fourth-order valence-corrected chi connectivity index (χ4v) is 4.77. The van der Waals surface area contributed by atoms with Crippen LogP contribution in [0.2, 0.25) is 10.0 Å². The van der Waals surface area contributed by atoms with Crippen molar-refractivity contribution in [2.75, 3.05) is 19.1 Å². The molecule has 0 fully saturated rings. The molecule has 0 bridgehead atoms. The third kappa shape index (κ3) is 3.36. The average Bonchev–Trinajstić information content (AvgIpc) is 2.75. The standard InChI is InChI=1S/C23H21Cl2NO4/c1-29-19-11-3-6-13(23(19)30-2)14-12-20(28)26(16-8-5-10-18(27)21(14)16)17-9-4-7-15(24)22(17)25/h3-4,6-7,9,11,14H,5,8,10,12H2,1-2H3. The lowest BCUT2D eigenvalue weighted by atomic mass is 9.76. The molecule has 4 rings (SSSR count).